The van der Waals surface area contributed by atoms with Crippen LogP contribution in [0.15, 0.2) is 10.7 Å². The van der Waals surface area contributed by atoms with Crippen molar-refractivity contribution in [3.63, 3.8) is 0 Å². The maximum atomic E-state index is 12.1. The zero-order chi connectivity index (χ0) is 13.6. The van der Waals surface area contributed by atoms with Crippen molar-refractivity contribution in [2.24, 2.45) is 0 Å². The maximum absolute atomic E-state index is 12.1. The number of Topliss-reactive ketones (excluding diaryl/α,β-unsaturated/α-hetero) is 1. The van der Waals surface area contributed by atoms with Crippen molar-refractivity contribution in [2.75, 3.05) is 5.32 Å². The number of furan rings is 1. The Bertz CT molecular complexity index is 656. The molecule has 0 aliphatic heterocycles. The van der Waals surface area contributed by atoms with Crippen molar-refractivity contribution in [1.82, 2.24) is 9.97 Å². The Morgan fingerprint density at radius 3 is 2.84 bits per heavy atom. The van der Waals surface area contributed by atoms with Crippen molar-refractivity contribution in [3.8, 4) is 0 Å². The smallest absolute Gasteiger partial charge is 0.232 e. The number of carbonyl (C=O) groups is 1. The summed E-state index contributed by atoms with van der Waals surface area (Å²) in [5.41, 5.74) is 1.19. The van der Waals surface area contributed by atoms with Gasteiger partial charge in [0, 0.05) is 12.0 Å². The molecule has 2 aromatic rings. The van der Waals surface area contributed by atoms with Gasteiger partial charge >= 0.3 is 0 Å². The number of nitrogens with one attached hydrogen (secondary N) is 1. The van der Waals surface area contributed by atoms with Crippen LogP contribution in [0.2, 0.25) is 0 Å². The Kier molecular flexibility index (Phi) is 2.59. The van der Waals surface area contributed by atoms with Gasteiger partial charge in [0.05, 0.1) is 10.9 Å². The van der Waals surface area contributed by atoms with Crippen LogP contribution in [0.3, 0.4) is 0 Å². The predicted molar refractivity (Wildman–Crippen MR) is 72.4 cm³/mol. The molecule has 1 N–H and O–H groups in total. The van der Waals surface area contributed by atoms with E-state index in [4.69, 9.17) is 4.42 Å². The lowest BCUT2D eigenvalue weighted by atomic mass is 10.1. The van der Waals surface area contributed by atoms with Gasteiger partial charge in [-0.25, -0.2) is 9.97 Å². The Morgan fingerprint density at radius 1 is 1.47 bits per heavy atom. The predicted octanol–water partition coefficient (Wildman–Crippen LogP) is 3.09. The standard InChI is InChI=1S/C14H17N3O2/c1-4-9(18)10-8(2)19-13-11(10)12(15-7-16-13)17-14(3)5-6-14/h7H,4-6H2,1-3H3,(H,15,16,17). The molecule has 1 aliphatic rings. The van der Waals surface area contributed by atoms with Crippen molar-refractivity contribution >= 4 is 22.7 Å². The molecule has 5 heteroatoms. The van der Waals surface area contributed by atoms with Crippen LogP contribution in [-0.2, 0) is 0 Å². The topological polar surface area (TPSA) is 68.0 Å². The van der Waals surface area contributed by atoms with E-state index in [0.717, 1.165) is 18.2 Å². The normalized spacial score (nSPS) is 16.6. The zero-order valence-corrected chi connectivity index (χ0v) is 11.4. The van der Waals surface area contributed by atoms with E-state index >= 15 is 0 Å². The zero-order valence-electron chi connectivity index (χ0n) is 11.4. The number of carbonyl (C=O) groups excluding carboxylic acids is 1. The van der Waals surface area contributed by atoms with Gasteiger partial charge < -0.3 is 9.73 Å². The highest BCUT2D eigenvalue weighted by Crippen LogP contribution is 2.40. The van der Waals surface area contributed by atoms with Crippen LogP contribution in [0.4, 0.5) is 5.82 Å². The fourth-order valence-corrected chi connectivity index (χ4v) is 2.25. The molecule has 0 amide bonds. The molecule has 0 spiro atoms. The summed E-state index contributed by atoms with van der Waals surface area (Å²) in [5.74, 6) is 1.39. The lowest BCUT2D eigenvalue weighted by Crippen LogP contribution is -2.17. The van der Waals surface area contributed by atoms with Gasteiger partial charge in [-0.3, -0.25) is 4.79 Å². The second-order valence-electron chi connectivity index (χ2n) is 5.40. The summed E-state index contributed by atoms with van der Waals surface area (Å²) in [6, 6.07) is 0. The molecule has 2 aromatic heterocycles. The number of ketones is 1. The van der Waals surface area contributed by atoms with Crippen molar-refractivity contribution in [3.05, 3.63) is 17.7 Å². The summed E-state index contributed by atoms with van der Waals surface area (Å²) in [7, 11) is 0. The van der Waals surface area contributed by atoms with E-state index in [2.05, 4.69) is 22.2 Å². The first-order chi connectivity index (χ1) is 9.04. The van der Waals surface area contributed by atoms with E-state index in [-0.39, 0.29) is 11.3 Å². The Labute approximate surface area is 111 Å². The number of hydrogen-bond acceptors (Lipinski definition) is 5. The Balaban J connectivity index is 2.18. The maximum Gasteiger partial charge on any atom is 0.232 e. The lowest BCUT2D eigenvalue weighted by Gasteiger charge is -2.12. The molecule has 0 aromatic carbocycles. The number of fused-ring (bicyclic) bond motifs is 1. The summed E-state index contributed by atoms with van der Waals surface area (Å²) in [4.78, 5) is 20.5. The molecular weight excluding hydrogens is 242 g/mol. The molecule has 1 fully saturated rings. The van der Waals surface area contributed by atoms with Crippen LogP contribution in [0.1, 0.15) is 49.2 Å². The third-order valence-electron chi connectivity index (χ3n) is 3.68. The van der Waals surface area contributed by atoms with E-state index in [1.54, 1.807) is 6.92 Å². The lowest BCUT2D eigenvalue weighted by molar-refractivity contribution is 0.0988. The number of aryl methyl sites for hydroxylation is 1. The van der Waals surface area contributed by atoms with Gasteiger partial charge in [-0.2, -0.15) is 0 Å². The summed E-state index contributed by atoms with van der Waals surface area (Å²) in [6.45, 7) is 5.79. The van der Waals surface area contributed by atoms with Gasteiger partial charge in [0.25, 0.3) is 0 Å². The molecule has 19 heavy (non-hydrogen) atoms. The largest absolute Gasteiger partial charge is 0.442 e. The third-order valence-corrected chi connectivity index (χ3v) is 3.68. The minimum absolute atomic E-state index is 0.0649. The Morgan fingerprint density at radius 2 is 2.21 bits per heavy atom. The van der Waals surface area contributed by atoms with E-state index in [1.807, 2.05) is 6.92 Å². The second kappa shape index (κ2) is 4.05. The first-order valence-corrected chi connectivity index (χ1v) is 6.59. The molecular formula is C14H17N3O2. The van der Waals surface area contributed by atoms with Crippen LogP contribution < -0.4 is 5.32 Å². The number of anilines is 1. The minimum Gasteiger partial charge on any atom is -0.442 e. The summed E-state index contributed by atoms with van der Waals surface area (Å²) in [5, 5.41) is 4.13. The fraction of sp³-hybridized carbons (Fsp3) is 0.500. The van der Waals surface area contributed by atoms with Gasteiger partial charge in [0.15, 0.2) is 5.78 Å². The first-order valence-electron chi connectivity index (χ1n) is 6.59. The molecule has 1 saturated carbocycles. The van der Waals surface area contributed by atoms with Crippen LogP contribution >= 0.6 is 0 Å². The van der Waals surface area contributed by atoms with Crippen LogP contribution in [0, 0.1) is 6.92 Å². The third kappa shape index (κ3) is 1.99. The van der Waals surface area contributed by atoms with E-state index in [9.17, 15) is 4.79 Å². The van der Waals surface area contributed by atoms with Gasteiger partial charge in [-0.1, -0.05) is 6.92 Å². The highest BCUT2D eigenvalue weighted by Gasteiger charge is 2.38. The van der Waals surface area contributed by atoms with Crippen molar-refractivity contribution < 1.29 is 9.21 Å². The number of aromatic nitrogens is 2. The summed E-state index contributed by atoms with van der Waals surface area (Å²) >= 11 is 0. The molecule has 1 aliphatic carbocycles. The van der Waals surface area contributed by atoms with Gasteiger partial charge in [-0.15, -0.1) is 0 Å². The molecule has 0 saturated heterocycles. The highest BCUT2D eigenvalue weighted by atomic mass is 16.3. The van der Waals surface area contributed by atoms with Gasteiger partial charge in [0.2, 0.25) is 5.71 Å². The minimum atomic E-state index is 0.0649. The second-order valence-corrected chi connectivity index (χ2v) is 5.40. The van der Waals surface area contributed by atoms with E-state index < -0.39 is 0 Å². The molecule has 0 atom stereocenters. The molecule has 0 bridgehead atoms. The SMILES string of the molecule is CCC(=O)c1c(C)oc2ncnc(NC3(C)CC3)c12. The van der Waals surface area contributed by atoms with Crippen LogP contribution in [0.5, 0.6) is 0 Å². The summed E-state index contributed by atoms with van der Waals surface area (Å²) in [6.07, 6.45) is 4.15. The first kappa shape index (κ1) is 12.1. The quantitative estimate of drug-likeness (QED) is 0.854. The fourth-order valence-electron chi connectivity index (χ4n) is 2.25. The molecule has 0 unspecified atom stereocenters. The van der Waals surface area contributed by atoms with E-state index in [0.29, 0.717) is 29.3 Å². The van der Waals surface area contributed by atoms with Crippen molar-refractivity contribution in [1.29, 1.82) is 0 Å². The van der Waals surface area contributed by atoms with Crippen LogP contribution in [0.25, 0.3) is 11.1 Å². The highest BCUT2D eigenvalue weighted by molar-refractivity contribution is 6.10. The number of rotatable bonds is 4. The molecule has 2 heterocycles. The molecule has 3 rings (SSSR count). The van der Waals surface area contributed by atoms with Gasteiger partial charge in [-0.05, 0) is 26.7 Å². The average molecular weight is 259 g/mol. The number of hydrogen-bond donors (Lipinski definition) is 1. The molecule has 0 radical (unpaired) electrons. The molecule has 100 valence electrons. The number of nitrogens with zero attached hydrogens (tertiary/aromatic N) is 2. The van der Waals surface area contributed by atoms with Crippen LogP contribution in [-0.4, -0.2) is 21.3 Å². The van der Waals surface area contributed by atoms with Gasteiger partial charge in [0.1, 0.15) is 17.9 Å². The van der Waals surface area contributed by atoms with Crippen molar-refractivity contribution in [2.45, 2.75) is 45.6 Å². The summed E-state index contributed by atoms with van der Waals surface area (Å²) < 4.78 is 5.59. The van der Waals surface area contributed by atoms with E-state index in [1.165, 1.54) is 6.33 Å². The Hall–Kier alpha value is -1.91. The molecule has 5 nitrogen and oxygen atoms in total. The average Bonchev–Trinajstić information content (AvgIpc) is 2.99. The monoisotopic (exact) mass is 259 g/mol.